The summed E-state index contributed by atoms with van der Waals surface area (Å²) in [5.74, 6) is 0.899. The van der Waals surface area contributed by atoms with Gasteiger partial charge in [-0.3, -0.25) is 4.79 Å². The van der Waals surface area contributed by atoms with Crippen LogP contribution in [-0.2, 0) is 16.4 Å². The van der Waals surface area contributed by atoms with Crippen LogP contribution in [0.25, 0.3) is 27.8 Å². The molecule has 0 radical (unpaired) electrons. The summed E-state index contributed by atoms with van der Waals surface area (Å²) in [4.78, 5) is 22.1. The first-order valence-corrected chi connectivity index (χ1v) is 13.8. The molecule has 0 atom stereocenters. The first-order valence-electron chi connectivity index (χ1n) is 11.5. The molecule has 0 saturated heterocycles. The number of phenolic OH excluding ortho intramolecular Hbond substituents is 1. The molecule has 10 nitrogen and oxygen atoms in total. The number of aromatic amines is 1. The molecule has 0 aliphatic carbocycles. The molecule has 0 fully saturated rings. The third-order valence-corrected chi connectivity index (χ3v) is 7.52. The number of hydrogen-bond donors (Lipinski definition) is 3. The Bertz CT molecular complexity index is 1860. The highest BCUT2D eigenvalue weighted by Crippen LogP contribution is 2.34. The predicted octanol–water partition coefficient (Wildman–Crippen LogP) is 4.09. The Hall–Kier alpha value is -3.90. The topological polar surface area (TPSA) is 147 Å². The third kappa shape index (κ3) is 5.21. The first-order chi connectivity index (χ1) is 18.4. The van der Waals surface area contributed by atoms with Crippen LogP contribution >= 0.6 is 23.2 Å². The van der Waals surface area contributed by atoms with Crippen LogP contribution in [0.2, 0.25) is 10.0 Å². The Morgan fingerprint density at radius 1 is 1.00 bits per heavy atom. The molecule has 0 aliphatic rings. The van der Waals surface area contributed by atoms with Crippen LogP contribution in [0, 0.1) is 0 Å². The van der Waals surface area contributed by atoms with Crippen molar-refractivity contribution in [3.05, 3.63) is 92.5 Å². The van der Waals surface area contributed by atoms with Gasteiger partial charge in [0.2, 0.25) is 10.0 Å². The third-order valence-electron chi connectivity index (χ3n) is 6.05. The number of rotatable bonds is 6. The van der Waals surface area contributed by atoms with Gasteiger partial charge in [-0.15, -0.1) is 5.10 Å². The molecule has 200 valence electrons. The standard InChI is InChI=1S/C26H22Cl2N6O4S/c1-33(2)25-22-24(34(32-25)23-19(27)12-18(13-20(23)28)39(29,37)38)30-21(31-26(22)36)11-14-3-5-15(6-4-14)16-7-9-17(35)10-8-16/h3-10,12-13,35H,11H2,1-2H3,(H2,29,37,38)(H,30,31,36). The summed E-state index contributed by atoms with van der Waals surface area (Å²) in [6.45, 7) is 0. The van der Waals surface area contributed by atoms with Crippen molar-refractivity contribution in [2.45, 2.75) is 11.3 Å². The highest BCUT2D eigenvalue weighted by Gasteiger charge is 2.24. The van der Waals surface area contributed by atoms with E-state index in [1.165, 1.54) is 16.8 Å². The Labute approximate surface area is 233 Å². The Kier molecular flexibility index (Phi) is 6.85. The largest absolute Gasteiger partial charge is 0.508 e. The van der Waals surface area contributed by atoms with Crippen LogP contribution in [0.3, 0.4) is 0 Å². The van der Waals surface area contributed by atoms with E-state index in [0.717, 1.165) is 16.7 Å². The second kappa shape index (κ2) is 10.0. The number of phenols is 1. The summed E-state index contributed by atoms with van der Waals surface area (Å²) in [6, 6.07) is 17.0. The number of anilines is 1. The number of H-pyrrole nitrogens is 1. The number of nitrogens with two attached hydrogens (primary N) is 1. The maximum Gasteiger partial charge on any atom is 0.264 e. The summed E-state index contributed by atoms with van der Waals surface area (Å²) in [6.07, 6.45) is 0.315. The number of fused-ring (bicyclic) bond motifs is 1. The second-order valence-electron chi connectivity index (χ2n) is 9.04. The van der Waals surface area contributed by atoms with Gasteiger partial charge in [0.25, 0.3) is 5.56 Å². The van der Waals surface area contributed by atoms with Gasteiger partial charge in [0.15, 0.2) is 11.5 Å². The van der Waals surface area contributed by atoms with Crippen molar-refractivity contribution in [2.75, 3.05) is 19.0 Å². The SMILES string of the molecule is CN(C)c1nn(-c2c(Cl)cc(S(N)(=O)=O)cc2Cl)c2nc(Cc3ccc(-c4ccc(O)cc4)cc3)[nH]c(=O)c12. The average Bonchev–Trinajstić information content (AvgIpc) is 3.24. The van der Waals surface area contributed by atoms with Crippen LogP contribution in [0.5, 0.6) is 5.75 Å². The number of nitrogens with one attached hydrogen (secondary N) is 1. The van der Waals surface area contributed by atoms with Crippen LogP contribution in [0.4, 0.5) is 5.82 Å². The molecule has 2 aromatic heterocycles. The van der Waals surface area contributed by atoms with Crippen molar-refractivity contribution in [1.82, 2.24) is 19.7 Å². The summed E-state index contributed by atoms with van der Waals surface area (Å²) in [5, 5.41) is 19.4. The van der Waals surface area contributed by atoms with Gasteiger partial charge < -0.3 is 15.0 Å². The van der Waals surface area contributed by atoms with Crippen molar-refractivity contribution in [3.8, 4) is 22.6 Å². The summed E-state index contributed by atoms with van der Waals surface area (Å²) >= 11 is 12.9. The fourth-order valence-corrected chi connectivity index (χ4v) is 5.52. The van der Waals surface area contributed by atoms with Gasteiger partial charge >= 0.3 is 0 Å². The predicted molar refractivity (Wildman–Crippen MR) is 152 cm³/mol. The molecule has 0 amide bonds. The van der Waals surface area contributed by atoms with Gasteiger partial charge in [-0.2, -0.15) is 0 Å². The molecular formula is C26H22Cl2N6O4S. The molecule has 13 heteroatoms. The van der Waals surface area contributed by atoms with E-state index in [-0.39, 0.29) is 37.4 Å². The van der Waals surface area contributed by atoms with E-state index < -0.39 is 15.6 Å². The van der Waals surface area contributed by atoms with Crippen LogP contribution in [0.15, 0.2) is 70.4 Å². The highest BCUT2D eigenvalue weighted by molar-refractivity contribution is 7.89. The molecule has 2 heterocycles. The van der Waals surface area contributed by atoms with E-state index in [1.807, 2.05) is 36.4 Å². The Balaban J connectivity index is 1.59. The lowest BCUT2D eigenvalue weighted by atomic mass is 10.0. The number of halogens is 2. The number of nitrogens with zero attached hydrogens (tertiary/aromatic N) is 4. The van der Waals surface area contributed by atoms with Gasteiger partial charge in [0.1, 0.15) is 22.6 Å². The molecule has 3 aromatic carbocycles. The van der Waals surface area contributed by atoms with E-state index in [9.17, 15) is 18.3 Å². The van der Waals surface area contributed by atoms with Gasteiger partial charge in [0.05, 0.1) is 14.9 Å². The number of sulfonamides is 1. The molecule has 0 unspecified atom stereocenters. The maximum atomic E-state index is 13.2. The van der Waals surface area contributed by atoms with Crippen molar-refractivity contribution < 1.29 is 13.5 Å². The normalized spacial score (nSPS) is 11.7. The zero-order valence-electron chi connectivity index (χ0n) is 20.7. The van der Waals surface area contributed by atoms with E-state index in [0.29, 0.717) is 18.1 Å². The van der Waals surface area contributed by atoms with E-state index in [2.05, 4.69) is 15.1 Å². The van der Waals surface area contributed by atoms with Crippen LogP contribution < -0.4 is 15.6 Å². The monoisotopic (exact) mass is 584 g/mol. The zero-order chi connectivity index (χ0) is 28.1. The smallest absolute Gasteiger partial charge is 0.264 e. The molecule has 0 bridgehead atoms. The number of benzene rings is 3. The van der Waals surface area contributed by atoms with E-state index in [4.69, 9.17) is 28.3 Å². The minimum atomic E-state index is -4.06. The molecule has 39 heavy (non-hydrogen) atoms. The first kappa shape index (κ1) is 26.7. The Morgan fingerprint density at radius 2 is 1.56 bits per heavy atom. The molecule has 5 aromatic rings. The quantitative estimate of drug-likeness (QED) is 0.272. The fourth-order valence-electron chi connectivity index (χ4n) is 4.18. The fraction of sp³-hybridized carbons (Fsp3) is 0.115. The second-order valence-corrected chi connectivity index (χ2v) is 11.4. The van der Waals surface area contributed by atoms with Crippen LogP contribution in [0.1, 0.15) is 11.4 Å². The minimum Gasteiger partial charge on any atom is -0.508 e. The molecule has 0 aliphatic heterocycles. The lowest BCUT2D eigenvalue weighted by Gasteiger charge is -2.11. The molecule has 4 N–H and O–H groups in total. The van der Waals surface area contributed by atoms with Gasteiger partial charge in [0, 0.05) is 20.5 Å². The molecule has 5 rings (SSSR count). The van der Waals surface area contributed by atoms with Gasteiger partial charge in [-0.1, -0.05) is 59.6 Å². The van der Waals surface area contributed by atoms with Gasteiger partial charge in [-0.05, 0) is 41.0 Å². The lowest BCUT2D eigenvalue weighted by Crippen LogP contribution is -2.16. The lowest BCUT2D eigenvalue weighted by molar-refractivity contribution is 0.475. The van der Waals surface area contributed by atoms with E-state index in [1.54, 1.807) is 31.1 Å². The van der Waals surface area contributed by atoms with Crippen molar-refractivity contribution in [2.24, 2.45) is 5.14 Å². The Morgan fingerprint density at radius 3 is 2.10 bits per heavy atom. The zero-order valence-corrected chi connectivity index (χ0v) is 23.0. The van der Waals surface area contributed by atoms with Crippen molar-refractivity contribution in [3.63, 3.8) is 0 Å². The highest BCUT2D eigenvalue weighted by atomic mass is 35.5. The summed E-state index contributed by atoms with van der Waals surface area (Å²) in [5.41, 5.74) is 2.77. The summed E-state index contributed by atoms with van der Waals surface area (Å²) in [7, 11) is -0.608. The van der Waals surface area contributed by atoms with Crippen molar-refractivity contribution >= 4 is 50.1 Å². The van der Waals surface area contributed by atoms with E-state index >= 15 is 0 Å². The number of hydrogen-bond acceptors (Lipinski definition) is 7. The minimum absolute atomic E-state index is 0.0327. The number of primary sulfonamides is 1. The number of aromatic hydroxyl groups is 1. The average molecular weight is 585 g/mol. The molecule has 0 spiro atoms. The molecule has 0 saturated carbocycles. The maximum absolute atomic E-state index is 13.2. The van der Waals surface area contributed by atoms with Crippen molar-refractivity contribution in [1.29, 1.82) is 0 Å². The number of aromatic nitrogens is 4. The van der Waals surface area contributed by atoms with Crippen LogP contribution in [-0.4, -0.2) is 47.4 Å². The summed E-state index contributed by atoms with van der Waals surface area (Å²) < 4.78 is 25.0. The van der Waals surface area contributed by atoms with Gasteiger partial charge in [-0.25, -0.2) is 23.2 Å². The molecular weight excluding hydrogens is 563 g/mol.